The van der Waals surface area contributed by atoms with Crippen LogP contribution in [0.3, 0.4) is 0 Å². The smallest absolute Gasteiger partial charge is 0.122 e. The average Bonchev–Trinajstić information content (AvgIpc) is 2.99. The van der Waals surface area contributed by atoms with E-state index in [4.69, 9.17) is 10.5 Å². The molecule has 0 amide bonds. The van der Waals surface area contributed by atoms with E-state index in [2.05, 4.69) is 31.0 Å². The first-order chi connectivity index (χ1) is 8.04. The number of anilines is 1. The van der Waals surface area contributed by atoms with Crippen LogP contribution < -0.4 is 15.4 Å². The molecule has 1 saturated carbocycles. The molecule has 94 valence electrons. The molecule has 0 bridgehead atoms. The number of aryl methyl sites for hydroxylation is 1. The van der Waals surface area contributed by atoms with Crippen molar-refractivity contribution in [3.8, 4) is 5.75 Å². The van der Waals surface area contributed by atoms with Gasteiger partial charge >= 0.3 is 0 Å². The monoisotopic (exact) mass is 234 g/mol. The minimum Gasteiger partial charge on any atom is -0.494 e. The number of ether oxygens (including phenoxy) is 1. The third-order valence-electron chi connectivity index (χ3n) is 3.34. The van der Waals surface area contributed by atoms with Crippen LogP contribution >= 0.6 is 0 Å². The summed E-state index contributed by atoms with van der Waals surface area (Å²) in [6, 6.07) is 6.31. The van der Waals surface area contributed by atoms with Crippen molar-refractivity contribution < 1.29 is 4.74 Å². The van der Waals surface area contributed by atoms with Gasteiger partial charge in [0.25, 0.3) is 0 Å². The molecular weight excluding hydrogens is 212 g/mol. The first-order valence-electron chi connectivity index (χ1n) is 6.27. The Hall–Kier alpha value is -1.22. The number of benzene rings is 1. The lowest BCUT2D eigenvalue weighted by Gasteiger charge is -2.24. The van der Waals surface area contributed by atoms with Gasteiger partial charge in [0.05, 0.1) is 6.61 Å². The van der Waals surface area contributed by atoms with E-state index < -0.39 is 0 Å². The third kappa shape index (κ3) is 2.91. The molecule has 1 aromatic carbocycles. The van der Waals surface area contributed by atoms with Crippen LogP contribution in [-0.2, 0) is 0 Å². The molecule has 0 atom stereocenters. The summed E-state index contributed by atoms with van der Waals surface area (Å²) in [6.07, 6.45) is 2.29. The molecule has 0 aliphatic heterocycles. The zero-order valence-corrected chi connectivity index (χ0v) is 11.0. The lowest BCUT2D eigenvalue weighted by Crippen LogP contribution is -2.37. The number of nitrogens with zero attached hydrogens (tertiary/aromatic N) is 1. The van der Waals surface area contributed by atoms with Crippen molar-refractivity contribution in [2.24, 2.45) is 5.73 Å². The molecule has 0 unspecified atom stereocenters. The molecule has 0 radical (unpaired) electrons. The SMILES string of the molecule is CCOc1ccc(N(C)CC2(N)CC2)cc1C. The van der Waals surface area contributed by atoms with Crippen LogP contribution in [0.15, 0.2) is 18.2 Å². The summed E-state index contributed by atoms with van der Waals surface area (Å²) in [5.41, 5.74) is 8.58. The fourth-order valence-electron chi connectivity index (χ4n) is 2.07. The van der Waals surface area contributed by atoms with Crippen LogP contribution in [0.4, 0.5) is 5.69 Å². The maximum atomic E-state index is 6.13. The van der Waals surface area contributed by atoms with Gasteiger partial charge in [0.15, 0.2) is 0 Å². The second kappa shape index (κ2) is 4.57. The van der Waals surface area contributed by atoms with E-state index in [0.29, 0.717) is 6.61 Å². The maximum Gasteiger partial charge on any atom is 0.122 e. The van der Waals surface area contributed by atoms with Gasteiger partial charge in [-0.25, -0.2) is 0 Å². The van der Waals surface area contributed by atoms with Gasteiger partial charge in [0.2, 0.25) is 0 Å². The second-order valence-corrected chi connectivity index (χ2v) is 5.10. The zero-order valence-electron chi connectivity index (χ0n) is 11.0. The summed E-state index contributed by atoms with van der Waals surface area (Å²) >= 11 is 0. The summed E-state index contributed by atoms with van der Waals surface area (Å²) in [5, 5.41) is 0. The van der Waals surface area contributed by atoms with Crippen LogP contribution in [0.2, 0.25) is 0 Å². The Labute approximate surface area is 104 Å². The molecule has 2 N–H and O–H groups in total. The van der Waals surface area contributed by atoms with Crippen molar-refractivity contribution in [2.45, 2.75) is 32.2 Å². The van der Waals surface area contributed by atoms with Crippen LogP contribution in [-0.4, -0.2) is 25.7 Å². The van der Waals surface area contributed by atoms with E-state index in [-0.39, 0.29) is 5.54 Å². The number of hydrogen-bond donors (Lipinski definition) is 1. The van der Waals surface area contributed by atoms with Gasteiger partial charge in [-0.05, 0) is 50.5 Å². The standard InChI is InChI=1S/C14H22N2O/c1-4-17-13-6-5-12(9-11(13)2)16(3)10-14(15)7-8-14/h5-6,9H,4,7-8,10,15H2,1-3H3. The largest absolute Gasteiger partial charge is 0.494 e. The van der Waals surface area contributed by atoms with E-state index in [1.807, 2.05) is 13.0 Å². The van der Waals surface area contributed by atoms with Crippen LogP contribution in [0.1, 0.15) is 25.3 Å². The highest BCUT2D eigenvalue weighted by molar-refractivity contribution is 5.52. The highest BCUT2D eigenvalue weighted by Crippen LogP contribution is 2.34. The highest BCUT2D eigenvalue weighted by Gasteiger charge is 2.39. The fourth-order valence-corrected chi connectivity index (χ4v) is 2.07. The van der Waals surface area contributed by atoms with Crippen LogP contribution in [0, 0.1) is 6.92 Å². The Morgan fingerprint density at radius 2 is 2.12 bits per heavy atom. The predicted molar refractivity (Wildman–Crippen MR) is 71.8 cm³/mol. The summed E-state index contributed by atoms with van der Waals surface area (Å²) in [6.45, 7) is 5.73. The summed E-state index contributed by atoms with van der Waals surface area (Å²) < 4.78 is 5.54. The maximum absolute atomic E-state index is 6.13. The first kappa shape index (κ1) is 12.2. The fraction of sp³-hybridized carbons (Fsp3) is 0.571. The van der Waals surface area contributed by atoms with E-state index in [1.54, 1.807) is 0 Å². The lowest BCUT2D eigenvalue weighted by atomic mass is 10.1. The highest BCUT2D eigenvalue weighted by atomic mass is 16.5. The van der Waals surface area contributed by atoms with Gasteiger partial charge in [0.1, 0.15) is 5.75 Å². The van der Waals surface area contributed by atoms with E-state index in [9.17, 15) is 0 Å². The summed E-state index contributed by atoms with van der Waals surface area (Å²) in [5.74, 6) is 0.971. The Morgan fingerprint density at radius 1 is 1.41 bits per heavy atom. The van der Waals surface area contributed by atoms with E-state index in [0.717, 1.165) is 25.1 Å². The summed E-state index contributed by atoms with van der Waals surface area (Å²) in [4.78, 5) is 2.23. The Kier molecular flexibility index (Phi) is 3.29. The predicted octanol–water partition coefficient (Wildman–Crippen LogP) is 2.32. The van der Waals surface area contributed by atoms with Gasteiger partial charge in [-0.3, -0.25) is 0 Å². The Balaban J connectivity index is 2.07. The molecule has 17 heavy (non-hydrogen) atoms. The van der Waals surface area contributed by atoms with Crippen molar-refractivity contribution in [3.05, 3.63) is 23.8 Å². The van der Waals surface area contributed by atoms with E-state index in [1.165, 1.54) is 11.3 Å². The molecule has 1 fully saturated rings. The normalized spacial score (nSPS) is 16.7. The zero-order chi connectivity index (χ0) is 12.5. The van der Waals surface area contributed by atoms with Gasteiger partial charge in [-0.15, -0.1) is 0 Å². The number of nitrogens with two attached hydrogens (primary N) is 1. The van der Waals surface area contributed by atoms with Crippen LogP contribution in [0.25, 0.3) is 0 Å². The van der Waals surface area contributed by atoms with Crippen molar-refractivity contribution in [2.75, 3.05) is 25.1 Å². The minimum atomic E-state index is 0.0568. The molecule has 0 aromatic heterocycles. The lowest BCUT2D eigenvalue weighted by molar-refractivity contribution is 0.338. The van der Waals surface area contributed by atoms with Crippen molar-refractivity contribution in [3.63, 3.8) is 0 Å². The third-order valence-corrected chi connectivity index (χ3v) is 3.34. The number of hydrogen-bond acceptors (Lipinski definition) is 3. The topological polar surface area (TPSA) is 38.5 Å². The Bertz CT molecular complexity index is 399. The Morgan fingerprint density at radius 3 is 2.65 bits per heavy atom. The molecule has 1 aliphatic rings. The average molecular weight is 234 g/mol. The molecule has 0 saturated heterocycles. The molecule has 1 aromatic rings. The number of rotatable bonds is 5. The minimum absolute atomic E-state index is 0.0568. The van der Waals surface area contributed by atoms with Crippen molar-refractivity contribution in [1.82, 2.24) is 0 Å². The molecular formula is C14H22N2O. The van der Waals surface area contributed by atoms with Gasteiger partial charge in [-0.2, -0.15) is 0 Å². The molecule has 2 rings (SSSR count). The van der Waals surface area contributed by atoms with Crippen molar-refractivity contribution in [1.29, 1.82) is 0 Å². The van der Waals surface area contributed by atoms with Gasteiger partial charge in [0, 0.05) is 24.8 Å². The van der Waals surface area contributed by atoms with Crippen molar-refractivity contribution >= 4 is 5.69 Å². The number of likely N-dealkylation sites (N-methyl/N-ethyl adjacent to an activating group) is 1. The van der Waals surface area contributed by atoms with Gasteiger partial charge < -0.3 is 15.4 Å². The molecule has 0 spiro atoms. The molecule has 3 heteroatoms. The second-order valence-electron chi connectivity index (χ2n) is 5.10. The van der Waals surface area contributed by atoms with Crippen LogP contribution in [0.5, 0.6) is 5.75 Å². The quantitative estimate of drug-likeness (QED) is 0.849. The molecule has 3 nitrogen and oxygen atoms in total. The molecule has 0 heterocycles. The summed E-state index contributed by atoms with van der Waals surface area (Å²) in [7, 11) is 2.10. The molecule has 1 aliphatic carbocycles. The first-order valence-corrected chi connectivity index (χ1v) is 6.27. The van der Waals surface area contributed by atoms with E-state index >= 15 is 0 Å². The van der Waals surface area contributed by atoms with Gasteiger partial charge in [-0.1, -0.05) is 0 Å².